The van der Waals surface area contributed by atoms with Crippen LogP contribution in [-0.2, 0) is 8.26 Å². The fourth-order valence-electron chi connectivity index (χ4n) is 0. The molecule has 0 aromatic rings. The lowest BCUT2D eigenvalue weighted by molar-refractivity contribution is 0.621. The van der Waals surface area contributed by atoms with E-state index < -0.39 is 8.26 Å². The van der Waals surface area contributed by atoms with Gasteiger partial charge in [-0.3, -0.25) is 0 Å². The minimum atomic E-state index is -3.72. The van der Waals surface area contributed by atoms with Gasteiger partial charge in [0, 0.05) is 21.4 Å². The summed E-state index contributed by atoms with van der Waals surface area (Å²) in [5.74, 6) is 0. The van der Waals surface area contributed by atoms with Gasteiger partial charge in [0.2, 0.25) is 0 Å². The zero-order valence-corrected chi connectivity index (χ0v) is 4.31. The van der Waals surface area contributed by atoms with E-state index in [4.69, 9.17) is 8.42 Å². The summed E-state index contributed by atoms with van der Waals surface area (Å²) in [4.78, 5) is 0. The number of halogens is 2. The van der Waals surface area contributed by atoms with Crippen molar-refractivity contribution in [3.05, 3.63) is 0 Å². The van der Waals surface area contributed by atoms with E-state index in [1.807, 2.05) is 0 Å². The molecule has 0 saturated carbocycles. The first-order valence-corrected chi connectivity index (χ1v) is 3.78. The molecular formula is Cl2O2S. The molecule has 0 amide bonds. The van der Waals surface area contributed by atoms with Crippen LogP contribution in [0.5, 0.6) is 0 Å². The summed E-state index contributed by atoms with van der Waals surface area (Å²) in [6, 6.07) is 0. The molecular weight excluding hydrogens is 138 g/mol. The predicted octanol–water partition coefficient (Wildman–Crippen LogP) is 0.709. The first kappa shape index (κ1) is 5.53. The highest BCUT2D eigenvalue weighted by atomic mass is 36.7. The number of hydrogen-bond acceptors (Lipinski definition) is 2. The first-order chi connectivity index (χ1) is 2.00. The Labute approximate surface area is 38.6 Å². The van der Waals surface area contributed by atoms with Crippen molar-refractivity contribution in [3.8, 4) is 0 Å². The van der Waals surface area contributed by atoms with E-state index in [1.54, 1.807) is 0 Å². The average molecular weight is 138 g/mol. The van der Waals surface area contributed by atoms with Crippen LogP contribution < -0.4 is 0 Å². The van der Waals surface area contributed by atoms with Gasteiger partial charge in [-0.25, -0.2) is 0 Å². The molecule has 0 aliphatic rings. The maximum absolute atomic E-state index is 9.16. The lowest BCUT2D eigenvalue weighted by Crippen LogP contribution is -1.63. The summed E-state index contributed by atoms with van der Waals surface area (Å²) in [6.07, 6.45) is 0. The Morgan fingerprint density at radius 2 is 1.20 bits per heavy atom. The molecule has 0 saturated heterocycles. The van der Waals surface area contributed by atoms with Gasteiger partial charge >= 0.3 is 8.26 Å². The summed E-state index contributed by atoms with van der Waals surface area (Å²) in [6.45, 7) is 0. The van der Waals surface area contributed by atoms with Gasteiger partial charge in [0.25, 0.3) is 0 Å². The van der Waals surface area contributed by atoms with Crippen molar-refractivity contribution in [2.75, 3.05) is 0 Å². The van der Waals surface area contributed by atoms with Gasteiger partial charge in [-0.1, -0.05) is 0 Å². The molecule has 0 fully saturated rings. The molecule has 0 rings (SSSR count). The lowest BCUT2D eigenvalue weighted by atomic mass is 15.9. The zero-order valence-electron chi connectivity index (χ0n) is 1.98. The Morgan fingerprint density at radius 3 is 1.20 bits per heavy atom. The van der Waals surface area contributed by atoms with Gasteiger partial charge in [-0.2, -0.15) is 8.42 Å². The summed E-state index contributed by atoms with van der Waals surface area (Å²) in [7, 11) is 4.81. The first-order valence-electron chi connectivity index (χ1n) is 0.642. The SMILES string of the molecule is O=[35S](=O)(Cl)Cl. The highest BCUT2D eigenvalue weighted by Gasteiger charge is 1.88. The highest BCUT2D eigenvalue weighted by Crippen LogP contribution is 1.98. The summed E-state index contributed by atoms with van der Waals surface area (Å²) >= 11 is 0. The quantitative estimate of drug-likeness (QED) is 0.461. The van der Waals surface area contributed by atoms with Crippen LogP contribution in [0.25, 0.3) is 0 Å². The largest absolute Gasteiger partial charge is 0.317 e. The van der Waals surface area contributed by atoms with Gasteiger partial charge < -0.3 is 0 Å². The maximum atomic E-state index is 9.16. The van der Waals surface area contributed by atoms with Gasteiger partial charge in [0.05, 0.1) is 0 Å². The fraction of sp³-hybridized carbons (Fsp3) is 0. The van der Waals surface area contributed by atoms with E-state index in [2.05, 4.69) is 21.4 Å². The Kier molecular flexibility index (Phi) is 1.46. The molecule has 0 heterocycles. The molecule has 5 heavy (non-hydrogen) atoms. The summed E-state index contributed by atoms with van der Waals surface area (Å²) in [5.41, 5.74) is 0. The van der Waals surface area contributed by atoms with Crippen LogP contribution >= 0.6 is 21.4 Å². The Hall–Kier alpha value is 0.530. The smallest absolute Gasteiger partial charge is 0.195 e. The third-order valence-electron chi connectivity index (χ3n) is 0. The maximum Gasteiger partial charge on any atom is 0.317 e. The second kappa shape index (κ2) is 1.32. The second-order valence-corrected chi connectivity index (χ2v) is 4.05. The standard InChI is InChI=1S/Cl2O2S/c1-5(2,3)4/i5+3. The third-order valence-corrected chi connectivity index (χ3v) is 0. The molecule has 0 aromatic heterocycles. The topological polar surface area (TPSA) is 34.1 Å². The predicted molar refractivity (Wildman–Crippen MR) is 20.6 cm³/mol. The van der Waals surface area contributed by atoms with Crippen LogP contribution in [0, 0.1) is 0 Å². The van der Waals surface area contributed by atoms with Gasteiger partial charge in [0.15, 0.2) is 0 Å². The minimum absolute atomic E-state index is 3.72. The van der Waals surface area contributed by atoms with E-state index in [0.717, 1.165) is 0 Å². The molecule has 0 bridgehead atoms. The molecule has 0 radical (unpaired) electrons. The van der Waals surface area contributed by atoms with Gasteiger partial charge in [-0.15, -0.1) is 0 Å². The average Bonchev–Trinajstić information content (AvgIpc) is 0.722. The van der Waals surface area contributed by atoms with Crippen molar-refractivity contribution >= 4 is 29.6 Å². The van der Waals surface area contributed by atoms with Crippen LogP contribution in [0.3, 0.4) is 0 Å². The Morgan fingerprint density at radius 1 is 1.20 bits per heavy atom. The Balaban J connectivity index is 4.06. The monoisotopic (exact) mass is 137 g/mol. The molecule has 2 nitrogen and oxygen atoms in total. The fourth-order valence-corrected chi connectivity index (χ4v) is 0. The zero-order chi connectivity index (χ0) is 4.50. The van der Waals surface area contributed by atoms with Crippen molar-refractivity contribution in [1.82, 2.24) is 0 Å². The van der Waals surface area contributed by atoms with Crippen molar-refractivity contribution in [1.29, 1.82) is 0 Å². The summed E-state index contributed by atoms with van der Waals surface area (Å²) in [5, 5.41) is 0. The van der Waals surface area contributed by atoms with Crippen molar-refractivity contribution < 1.29 is 8.42 Å². The molecule has 0 unspecified atom stereocenters. The van der Waals surface area contributed by atoms with Crippen molar-refractivity contribution in [2.24, 2.45) is 0 Å². The molecule has 0 N–H and O–H groups in total. The number of hydrogen-bond donors (Lipinski definition) is 0. The number of rotatable bonds is 0. The second-order valence-electron chi connectivity index (χ2n) is 0.378. The molecule has 5 heteroatoms. The molecule has 32 valence electrons. The van der Waals surface area contributed by atoms with E-state index >= 15 is 0 Å². The summed E-state index contributed by atoms with van der Waals surface area (Å²) < 4.78 is 18.3. The van der Waals surface area contributed by atoms with Crippen LogP contribution in [0.1, 0.15) is 0 Å². The lowest BCUT2D eigenvalue weighted by Gasteiger charge is -1.61. The van der Waals surface area contributed by atoms with Crippen LogP contribution in [-0.4, -0.2) is 8.42 Å². The van der Waals surface area contributed by atoms with Crippen molar-refractivity contribution in [2.45, 2.75) is 0 Å². The van der Waals surface area contributed by atoms with Crippen molar-refractivity contribution in [3.63, 3.8) is 0 Å². The van der Waals surface area contributed by atoms with Crippen LogP contribution in [0.4, 0.5) is 0 Å². The van der Waals surface area contributed by atoms with Gasteiger partial charge in [0.1, 0.15) is 0 Å². The highest BCUT2D eigenvalue weighted by molar-refractivity contribution is 8.31. The third kappa shape index (κ3) is 103. The molecule has 0 aliphatic carbocycles. The van der Waals surface area contributed by atoms with Crippen LogP contribution in [0.15, 0.2) is 0 Å². The van der Waals surface area contributed by atoms with E-state index in [-0.39, 0.29) is 0 Å². The Bertz CT molecular complexity index is 90.8. The van der Waals surface area contributed by atoms with E-state index in [9.17, 15) is 0 Å². The molecule has 0 aliphatic heterocycles. The molecule has 0 atom stereocenters. The van der Waals surface area contributed by atoms with E-state index in [0.29, 0.717) is 0 Å². The normalized spacial score (nSPS) is 11.6. The minimum Gasteiger partial charge on any atom is -0.195 e. The van der Waals surface area contributed by atoms with Gasteiger partial charge in [-0.05, 0) is 0 Å². The molecule has 0 aromatic carbocycles. The van der Waals surface area contributed by atoms with Crippen LogP contribution in [0.2, 0.25) is 0 Å². The molecule has 0 spiro atoms. The van der Waals surface area contributed by atoms with E-state index in [1.165, 1.54) is 0 Å².